The molecule has 0 aromatic rings. The van der Waals surface area contributed by atoms with E-state index in [1.807, 2.05) is 0 Å². The zero-order valence-electron chi connectivity index (χ0n) is 6.13. The van der Waals surface area contributed by atoms with Crippen LogP contribution in [0, 0.1) is 0 Å². The lowest BCUT2D eigenvalue weighted by Crippen LogP contribution is -2.03. The number of ether oxygens (including phenoxy) is 1. The minimum atomic E-state index is -0.444. The van der Waals surface area contributed by atoms with Crippen molar-refractivity contribution < 1.29 is 13.7 Å². The molecule has 0 spiro atoms. The highest BCUT2D eigenvalue weighted by atomic mass is 32.1. The molecule has 0 bridgehead atoms. The second-order valence-corrected chi connectivity index (χ2v) is 2.54. The second-order valence-electron chi connectivity index (χ2n) is 1.76. The van der Waals surface area contributed by atoms with E-state index in [1.165, 1.54) is 7.11 Å². The van der Waals surface area contributed by atoms with Crippen LogP contribution >= 0.6 is 0 Å². The summed E-state index contributed by atoms with van der Waals surface area (Å²) in [5, 5.41) is 0. The monoisotopic (exact) mass is 161 g/mol. The topological polar surface area (TPSA) is 43.4 Å². The molecule has 0 rings (SSSR count). The molecule has 10 heavy (non-hydrogen) atoms. The maximum absolute atomic E-state index is 10.7. The van der Waals surface area contributed by atoms with E-state index in [1.54, 1.807) is 13.8 Å². The highest BCUT2D eigenvalue weighted by molar-refractivity contribution is 7.70. The smallest absolute Gasteiger partial charge is 0.466 e. The third-order valence-electron chi connectivity index (χ3n) is 1.14. The average Bonchev–Trinajstić information content (AvgIpc) is 2.00. The number of hydrogen-bond acceptors (Lipinski definition) is 3. The Morgan fingerprint density at radius 2 is 1.90 bits per heavy atom. The van der Waals surface area contributed by atoms with Crippen molar-refractivity contribution in [3.8, 4) is 0 Å². The minimum Gasteiger partial charge on any atom is -0.466 e. The van der Waals surface area contributed by atoms with Crippen LogP contribution in [-0.2, 0) is 25.4 Å². The average molecular weight is 161 g/mol. The summed E-state index contributed by atoms with van der Waals surface area (Å²) in [6.07, 6.45) is 0. The van der Waals surface area contributed by atoms with E-state index in [2.05, 4.69) is 4.74 Å². The SMILES string of the molecule is COC(=O)C(C)=C(C)[S+]=O. The van der Waals surface area contributed by atoms with Gasteiger partial charge >= 0.3 is 17.6 Å². The molecule has 0 aliphatic carbocycles. The quantitative estimate of drug-likeness (QED) is 0.343. The van der Waals surface area contributed by atoms with E-state index >= 15 is 0 Å². The van der Waals surface area contributed by atoms with Crippen molar-refractivity contribution in [3.05, 3.63) is 10.5 Å². The first kappa shape index (κ1) is 9.23. The summed E-state index contributed by atoms with van der Waals surface area (Å²) in [5.74, 6) is -0.444. The van der Waals surface area contributed by atoms with E-state index < -0.39 is 5.97 Å². The maximum Gasteiger partial charge on any atom is 0.500 e. The van der Waals surface area contributed by atoms with Crippen molar-refractivity contribution >= 4 is 17.6 Å². The summed E-state index contributed by atoms with van der Waals surface area (Å²) < 4.78 is 14.5. The number of hydrogen-bond donors (Lipinski definition) is 0. The van der Waals surface area contributed by atoms with Crippen LogP contribution in [0.25, 0.3) is 0 Å². The van der Waals surface area contributed by atoms with Crippen LogP contribution < -0.4 is 0 Å². The van der Waals surface area contributed by atoms with E-state index in [4.69, 9.17) is 0 Å². The van der Waals surface area contributed by atoms with E-state index in [-0.39, 0.29) is 0 Å². The van der Waals surface area contributed by atoms with Gasteiger partial charge in [-0.15, -0.1) is 0 Å². The molecule has 0 saturated carbocycles. The highest BCUT2D eigenvalue weighted by Gasteiger charge is 2.16. The standard InChI is InChI=1S/C6H9O3S/c1-4(5(2)10-8)6(7)9-3/h1-3H3/q+1. The Morgan fingerprint density at radius 1 is 1.40 bits per heavy atom. The summed E-state index contributed by atoms with van der Waals surface area (Å²) in [5.41, 5.74) is 0.377. The van der Waals surface area contributed by atoms with Gasteiger partial charge in [0.25, 0.3) is 4.91 Å². The summed E-state index contributed by atoms with van der Waals surface area (Å²) in [6, 6.07) is 0. The molecule has 4 heteroatoms. The lowest BCUT2D eigenvalue weighted by molar-refractivity contribution is -0.136. The summed E-state index contributed by atoms with van der Waals surface area (Å²) in [7, 11) is 1.29. The van der Waals surface area contributed by atoms with Crippen molar-refractivity contribution in [3.63, 3.8) is 0 Å². The van der Waals surface area contributed by atoms with Crippen LogP contribution in [-0.4, -0.2) is 13.1 Å². The molecule has 0 aliphatic rings. The van der Waals surface area contributed by atoms with Gasteiger partial charge in [0.15, 0.2) is 0 Å². The van der Waals surface area contributed by atoms with Gasteiger partial charge in [0.2, 0.25) is 0 Å². The Morgan fingerprint density at radius 3 is 2.20 bits per heavy atom. The number of methoxy groups -OCH3 is 1. The fourth-order valence-electron chi connectivity index (χ4n) is 0.359. The molecule has 0 fully saturated rings. The number of rotatable bonds is 2. The first-order valence-electron chi connectivity index (χ1n) is 2.69. The van der Waals surface area contributed by atoms with E-state index in [0.717, 1.165) is 0 Å². The fourth-order valence-corrected chi connectivity index (χ4v) is 0.568. The van der Waals surface area contributed by atoms with Gasteiger partial charge in [-0.2, -0.15) is 0 Å². The molecule has 3 nitrogen and oxygen atoms in total. The van der Waals surface area contributed by atoms with Gasteiger partial charge in [-0.05, 0) is 6.92 Å². The van der Waals surface area contributed by atoms with E-state index in [9.17, 15) is 9.00 Å². The minimum absolute atomic E-state index is 0.305. The van der Waals surface area contributed by atoms with Crippen molar-refractivity contribution in [1.29, 1.82) is 0 Å². The zero-order chi connectivity index (χ0) is 8.15. The predicted molar refractivity (Wildman–Crippen MR) is 38.4 cm³/mol. The largest absolute Gasteiger partial charge is 0.500 e. The molecule has 56 valence electrons. The van der Waals surface area contributed by atoms with Gasteiger partial charge in [-0.1, -0.05) is 0 Å². The fraction of sp³-hybridized carbons (Fsp3) is 0.500. The Bertz CT molecular complexity index is 183. The first-order chi connectivity index (χ1) is 4.63. The number of allylic oxidation sites excluding steroid dienone is 1. The van der Waals surface area contributed by atoms with Crippen LogP contribution in [0.4, 0.5) is 0 Å². The maximum atomic E-state index is 10.7. The molecule has 0 aliphatic heterocycles. The van der Waals surface area contributed by atoms with Crippen LogP contribution in [0.15, 0.2) is 10.5 Å². The number of carbonyl (C=O) groups is 1. The molecule has 0 aromatic heterocycles. The lowest BCUT2D eigenvalue weighted by atomic mass is 10.3. The van der Waals surface area contributed by atoms with Crippen molar-refractivity contribution in [2.75, 3.05) is 7.11 Å². The van der Waals surface area contributed by atoms with Crippen molar-refractivity contribution in [1.82, 2.24) is 0 Å². The van der Waals surface area contributed by atoms with Gasteiger partial charge < -0.3 is 4.74 Å². The molecule has 0 N–H and O–H groups in total. The molecule has 0 saturated heterocycles. The Kier molecular flexibility index (Phi) is 3.79. The zero-order valence-corrected chi connectivity index (χ0v) is 6.95. The van der Waals surface area contributed by atoms with Crippen LogP contribution in [0.2, 0.25) is 0 Å². The van der Waals surface area contributed by atoms with Crippen molar-refractivity contribution in [2.24, 2.45) is 0 Å². The van der Waals surface area contributed by atoms with Gasteiger partial charge in [0.1, 0.15) is 0 Å². The van der Waals surface area contributed by atoms with Crippen LogP contribution in [0.5, 0.6) is 0 Å². The predicted octanol–water partition coefficient (Wildman–Crippen LogP) is 0.881. The van der Waals surface area contributed by atoms with Gasteiger partial charge in [0.05, 0.1) is 12.7 Å². The summed E-state index contributed by atoms with van der Waals surface area (Å²) in [4.78, 5) is 11.1. The molecule has 0 aromatic carbocycles. The Hall–Kier alpha value is -0.770. The third kappa shape index (κ3) is 2.23. The molecule has 0 heterocycles. The third-order valence-corrected chi connectivity index (χ3v) is 1.70. The molecule has 0 amide bonds. The molecule has 0 atom stereocenters. The number of carbonyl (C=O) groups excluding carboxylic acids is 1. The summed E-state index contributed by atoms with van der Waals surface area (Å²) in [6.45, 7) is 3.15. The summed E-state index contributed by atoms with van der Waals surface area (Å²) >= 11 is 0.305. The van der Waals surface area contributed by atoms with E-state index in [0.29, 0.717) is 22.1 Å². The molecular weight excluding hydrogens is 152 g/mol. The lowest BCUT2D eigenvalue weighted by Gasteiger charge is -1.92. The highest BCUT2D eigenvalue weighted by Crippen LogP contribution is 2.02. The van der Waals surface area contributed by atoms with Crippen LogP contribution in [0.1, 0.15) is 13.8 Å². The molecule has 0 radical (unpaired) electrons. The number of esters is 1. The van der Waals surface area contributed by atoms with Gasteiger partial charge in [-0.25, -0.2) is 4.79 Å². The normalized spacial score (nSPS) is 11.9. The first-order valence-corrected chi connectivity index (χ1v) is 3.43. The van der Waals surface area contributed by atoms with Crippen molar-refractivity contribution in [2.45, 2.75) is 13.8 Å². The molecule has 0 unspecified atom stereocenters. The van der Waals surface area contributed by atoms with Gasteiger partial charge in [0, 0.05) is 11.1 Å². The van der Waals surface area contributed by atoms with Gasteiger partial charge in [-0.3, -0.25) is 0 Å². The molecular formula is C6H9O3S+. The van der Waals surface area contributed by atoms with Crippen LogP contribution in [0.3, 0.4) is 0 Å². The Labute approximate surface area is 63.6 Å². The second kappa shape index (κ2) is 4.11. The Balaban J connectivity index is 4.45.